The van der Waals surface area contributed by atoms with E-state index >= 15 is 0 Å². The molecule has 0 bridgehead atoms. The van der Waals surface area contributed by atoms with Crippen LogP contribution in [0.15, 0.2) is 18.4 Å². The first-order valence-corrected chi connectivity index (χ1v) is 6.90. The van der Waals surface area contributed by atoms with Gasteiger partial charge in [-0.25, -0.2) is 9.59 Å². The van der Waals surface area contributed by atoms with Crippen LogP contribution in [0.25, 0.3) is 0 Å². The zero-order valence-electron chi connectivity index (χ0n) is 13.5. The van der Waals surface area contributed by atoms with Crippen molar-refractivity contribution in [3.63, 3.8) is 0 Å². The van der Waals surface area contributed by atoms with Crippen molar-refractivity contribution in [2.75, 3.05) is 34.0 Å². The molecule has 0 N–H and O–H groups in total. The maximum Gasteiger partial charge on any atom is 0.350 e. The van der Waals surface area contributed by atoms with Crippen molar-refractivity contribution < 1.29 is 33.3 Å². The minimum absolute atomic E-state index is 0.0682. The summed E-state index contributed by atoms with van der Waals surface area (Å²) in [5.41, 5.74) is 0.521. The van der Waals surface area contributed by atoms with Gasteiger partial charge in [-0.05, 0) is 19.9 Å². The normalized spacial score (nSPS) is 11.0. The highest BCUT2D eigenvalue weighted by atomic mass is 16.7. The quantitative estimate of drug-likeness (QED) is 0.245. The molecule has 7 heteroatoms. The minimum atomic E-state index is -1.98. The van der Waals surface area contributed by atoms with Gasteiger partial charge < -0.3 is 23.7 Å². The summed E-state index contributed by atoms with van der Waals surface area (Å²) < 4.78 is 25.5. The average Bonchev–Trinajstić information content (AvgIpc) is 2.51. The fourth-order valence-corrected chi connectivity index (χ4v) is 1.66. The number of carbonyl (C=O) groups excluding carboxylic acids is 2. The fraction of sp³-hybridized carbons (Fsp3) is 0.667. The molecule has 7 nitrogen and oxygen atoms in total. The van der Waals surface area contributed by atoms with Crippen LogP contribution in [0.2, 0.25) is 0 Å². The molecule has 0 saturated carbocycles. The zero-order chi connectivity index (χ0) is 17.0. The third kappa shape index (κ3) is 5.61. The molecule has 0 aromatic heterocycles. The van der Waals surface area contributed by atoms with E-state index in [1.807, 2.05) is 0 Å². The Labute approximate surface area is 130 Å². The van der Waals surface area contributed by atoms with Crippen molar-refractivity contribution in [2.24, 2.45) is 0 Å². The molecule has 0 aliphatic heterocycles. The molecule has 0 saturated heterocycles. The summed E-state index contributed by atoms with van der Waals surface area (Å²) >= 11 is 0. The molecule has 0 unspecified atom stereocenters. The van der Waals surface area contributed by atoms with Gasteiger partial charge in [0.2, 0.25) is 0 Å². The van der Waals surface area contributed by atoms with Gasteiger partial charge >= 0.3 is 11.9 Å². The Kier molecular flexibility index (Phi) is 10.2. The van der Waals surface area contributed by atoms with Crippen LogP contribution in [0, 0.1) is 0 Å². The van der Waals surface area contributed by atoms with Gasteiger partial charge in [0.1, 0.15) is 0 Å². The second-order valence-electron chi connectivity index (χ2n) is 4.09. The van der Waals surface area contributed by atoms with Crippen LogP contribution in [0.1, 0.15) is 20.3 Å². The van der Waals surface area contributed by atoms with Crippen LogP contribution in [-0.4, -0.2) is 57.9 Å². The summed E-state index contributed by atoms with van der Waals surface area (Å²) in [6.07, 6.45) is 0.381. The first-order valence-electron chi connectivity index (χ1n) is 6.90. The lowest BCUT2D eigenvalue weighted by Gasteiger charge is -2.31. The lowest BCUT2D eigenvalue weighted by atomic mass is 9.99. The van der Waals surface area contributed by atoms with Crippen molar-refractivity contribution >= 4 is 11.9 Å². The van der Waals surface area contributed by atoms with E-state index in [4.69, 9.17) is 23.7 Å². The lowest BCUT2D eigenvalue weighted by Crippen LogP contribution is -2.53. The molecule has 0 aliphatic rings. The molecule has 0 rings (SSSR count). The summed E-state index contributed by atoms with van der Waals surface area (Å²) in [6.45, 7) is 6.76. The van der Waals surface area contributed by atoms with E-state index in [1.165, 1.54) is 20.3 Å². The van der Waals surface area contributed by atoms with E-state index < -0.39 is 23.8 Å². The molecule has 0 aromatic carbocycles. The third-order valence-electron chi connectivity index (χ3n) is 2.75. The maximum atomic E-state index is 12.3. The summed E-state index contributed by atoms with van der Waals surface area (Å²) in [7, 11) is 2.78. The molecule has 22 heavy (non-hydrogen) atoms. The fourth-order valence-electron chi connectivity index (χ4n) is 1.66. The first kappa shape index (κ1) is 20.3. The molecule has 0 atom stereocenters. The van der Waals surface area contributed by atoms with Gasteiger partial charge in [-0.15, -0.1) is 5.73 Å². The molecule has 0 amide bonds. The van der Waals surface area contributed by atoms with Gasteiger partial charge in [-0.3, -0.25) is 0 Å². The van der Waals surface area contributed by atoms with Crippen LogP contribution in [-0.2, 0) is 33.3 Å². The standard InChI is InChI=1S/C15H24O7/c1-6-9-10-22-15(13(16)20-7-2,14(17)21-8-3)11-12(18-4)19-5/h9,12H,1,7-8,10-11H2,2-5H3. The van der Waals surface area contributed by atoms with Gasteiger partial charge in [0.15, 0.2) is 6.29 Å². The molecule has 0 spiro atoms. The maximum absolute atomic E-state index is 12.3. The Morgan fingerprint density at radius 1 is 1.14 bits per heavy atom. The summed E-state index contributed by atoms with van der Waals surface area (Å²) in [5.74, 6) is -1.71. The van der Waals surface area contributed by atoms with Gasteiger partial charge in [-0.2, -0.15) is 0 Å². The van der Waals surface area contributed by atoms with Crippen molar-refractivity contribution in [1.29, 1.82) is 0 Å². The molecule has 0 aliphatic carbocycles. The van der Waals surface area contributed by atoms with Crippen LogP contribution in [0.4, 0.5) is 0 Å². The second-order valence-corrected chi connectivity index (χ2v) is 4.09. The Morgan fingerprint density at radius 2 is 1.64 bits per heavy atom. The second kappa shape index (κ2) is 11.0. The monoisotopic (exact) mass is 316 g/mol. The van der Waals surface area contributed by atoms with Gasteiger partial charge in [-0.1, -0.05) is 6.58 Å². The predicted octanol–water partition coefficient (Wildman–Crippen LogP) is 1.22. The largest absolute Gasteiger partial charge is 0.463 e. The Bertz CT molecular complexity index is 377. The Morgan fingerprint density at radius 3 is 2.00 bits per heavy atom. The highest BCUT2D eigenvalue weighted by Crippen LogP contribution is 2.25. The van der Waals surface area contributed by atoms with Crippen LogP contribution < -0.4 is 0 Å². The summed E-state index contributed by atoms with van der Waals surface area (Å²) in [5, 5.41) is 0. The van der Waals surface area contributed by atoms with Crippen molar-refractivity contribution in [3.8, 4) is 0 Å². The highest BCUT2D eigenvalue weighted by molar-refractivity contribution is 6.03. The van der Waals surface area contributed by atoms with Gasteiger partial charge in [0.25, 0.3) is 5.60 Å². The van der Waals surface area contributed by atoms with E-state index in [9.17, 15) is 9.59 Å². The molecular weight excluding hydrogens is 292 g/mol. The molecule has 0 fully saturated rings. The SMILES string of the molecule is C=C=CCOC(CC(OC)OC)(C(=O)OCC)C(=O)OCC. The first-order chi connectivity index (χ1) is 10.5. The van der Waals surface area contributed by atoms with E-state index in [-0.39, 0.29) is 26.2 Å². The number of rotatable bonds is 11. The molecule has 0 heterocycles. The Balaban J connectivity index is 5.59. The highest BCUT2D eigenvalue weighted by Gasteiger charge is 2.52. The smallest absolute Gasteiger partial charge is 0.350 e. The van der Waals surface area contributed by atoms with E-state index in [0.717, 1.165) is 0 Å². The molecule has 126 valence electrons. The lowest BCUT2D eigenvalue weighted by molar-refractivity contribution is -0.205. The number of hydrogen-bond acceptors (Lipinski definition) is 7. The minimum Gasteiger partial charge on any atom is -0.463 e. The third-order valence-corrected chi connectivity index (χ3v) is 2.75. The number of esters is 2. The van der Waals surface area contributed by atoms with E-state index in [2.05, 4.69) is 12.3 Å². The van der Waals surface area contributed by atoms with E-state index in [1.54, 1.807) is 13.8 Å². The molecule has 0 aromatic rings. The Hall–Kier alpha value is -1.66. The van der Waals surface area contributed by atoms with Crippen molar-refractivity contribution in [2.45, 2.75) is 32.2 Å². The average molecular weight is 316 g/mol. The van der Waals surface area contributed by atoms with Gasteiger partial charge in [0.05, 0.1) is 19.8 Å². The van der Waals surface area contributed by atoms with Crippen LogP contribution in [0.3, 0.4) is 0 Å². The van der Waals surface area contributed by atoms with Crippen molar-refractivity contribution in [3.05, 3.63) is 18.4 Å². The predicted molar refractivity (Wildman–Crippen MR) is 78.1 cm³/mol. The number of methoxy groups -OCH3 is 2. The van der Waals surface area contributed by atoms with Crippen molar-refractivity contribution in [1.82, 2.24) is 0 Å². The molecular formula is C15H24O7. The topological polar surface area (TPSA) is 80.3 Å². The molecule has 0 radical (unpaired) electrons. The number of carbonyl (C=O) groups is 2. The van der Waals surface area contributed by atoms with E-state index in [0.29, 0.717) is 0 Å². The van der Waals surface area contributed by atoms with Crippen LogP contribution in [0.5, 0.6) is 0 Å². The zero-order valence-corrected chi connectivity index (χ0v) is 13.5. The summed E-state index contributed by atoms with van der Waals surface area (Å²) in [6, 6.07) is 0. The number of hydrogen-bond donors (Lipinski definition) is 0. The van der Waals surface area contributed by atoms with Gasteiger partial charge in [0, 0.05) is 20.6 Å². The van der Waals surface area contributed by atoms with Crippen LogP contribution >= 0.6 is 0 Å². The summed E-state index contributed by atoms with van der Waals surface area (Å²) in [4.78, 5) is 24.7. The number of ether oxygens (including phenoxy) is 5.